The smallest absolute Gasteiger partial charge is 0.272 e. The van der Waals surface area contributed by atoms with Gasteiger partial charge in [0.25, 0.3) is 5.91 Å². The maximum absolute atomic E-state index is 12.2. The molecule has 2 heterocycles. The molecule has 0 radical (unpaired) electrons. The van der Waals surface area contributed by atoms with Gasteiger partial charge in [0.2, 0.25) is 5.91 Å². The van der Waals surface area contributed by atoms with E-state index in [1.807, 2.05) is 13.0 Å². The topological polar surface area (TPSA) is 90.5 Å². The van der Waals surface area contributed by atoms with Crippen LogP contribution in [0.15, 0.2) is 12.1 Å². The van der Waals surface area contributed by atoms with Crippen LogP contribution in [0.25, 0.3) is 0 Å². The first-order chi connectivity index (χ1) is 13.2. The van der Waals surface area contributed by atoms with Crippen molar-refractivity contribution in [2.24, 2.45) is 0 Å². The highest BCUT2D eigenvalue weighted by molar-refractivity contribution is 5.92. The van der Waals surface area contributed by atoms with E-state index in [9.17, 15) is 9.59 Å². The Bertz CT molecular complexity index is 622. The van der Waals surface area contributed by atoms with E-state index < -0.39 is 0 Å². The second kappa shape index (κ2) is 9.64. The lowest BCUT2D eigenvalue weighted by atomic mass is 10.2. The van der Waals surface area contributed by atoms with E-state index in [1.54, 1.807) is 6.07 Å². The van der Waals surface area contributed by atoms with Crippen LogP contribution < -0.4 is 15.5 Å². The Labute approximate surface area is 160 Å². The van der Waals surface area contributed by atoms with Gasteiger partial charge in [0.15, 0.2) is 11.5 Å². The average molecular weight is 374 g/mol. The van der Waals surface area contributed by atoms with Crippen LogP contribution >= 0.6 is 0 Å². The summed E-state index contributed by atoms with van der Waals surface area (Å²) in [6, 6.07) is 3.89. The summed E-state index contributed by atoms with van der Waals surface area (Å²) >= 11 is 0. The molecular formula is C19H30N6O2. The molecule has 2 amide bonds. The van der Waals surface area contributed by atoms with E-state index in [4.69, 9.17) is 0 Å². The Balaban J connectivity index is 1.45. The van der Waals surface area contributed by atoms with Gasteiger partial charge in [0, 0.05) is 38.8 Å². The molecule has 1 aliphatic heterocycles. The highest BCUT2D eigenvalue weighted by Crippen LogP contribution is 2.18. The number of hydrogen-bond acceptors (Lipinski definition) is 6. The van der Waals surface area contributed by atoms with E-state index >= 15 is 0 Å². The summed E-state index contributed by atoms with van der Waals surface area (Å²) in [6.45, 7) is 6.43. The van der Waals surface area contributed by atoms with Crippen molar-refractivity contribution in [3.8, 4) is 0 Å². The minimum absolute atomic E-state index is 0.0859. The second-order valence-electron chi connectivity index (χ2n) is 7.34. The minimum atomic E-state index is -0.135. The number of nitrogens with zero attached hydrogens (tertiary/aromatic N) is 4. The highest BCUT2D eigenvalue weighted by Gasteiger charge is 2.22. The first-order valence-electron chi connectivity index (χ1n) is 10.0. The maximum Gasteiger partial charge on any atom is 0.272 e. The average Bonchev–Trinajstić information content (AvgIpc) is 3.20. The van der Waals surface area contributed by atoms with Gasteiger partial charge < -0.3 is 15.5 Å². The molecule has 8 nitrogen and oxygen atoms in total. The fraction of sp³-hybridized carbons (Fsp3) is 0.684. The standard InChI is InChI=1S/C19H30N6O2/c1-2-9-20-18(26)14-24-10-12-25(13-11-24)17-8-7-16(22-23-17)19(27)21-15-5-3-4-6-15/h7-8,15H,2-6,9-14H2,1H3,(H,20,26)(H,21,27). The normalized spacial score (nSPS) is 18.5. The lowest BCUT2D eigenvalue weighted by molar-refractivity contribution is -0.122. The Morgan fingerprint density at radius 2 is 1.85 bits per heavy atom. The molecule has 2 aliphatic rings. The predicted octanol–water partition coefficient (Wildman–Crippen LogP) is 0.797. The van der Waals surface area contributed by atoms with Crippen LogP contribution in [-0.2, 0) is 4.79 Å². The Morgan fingerprint density at radius 1 is 1.11 bits per heavy atom. The van der Waals surface area contributed by atoms with Gasteiger partial charge in [-0.1, -0.05) is 19.8 Å². The molecule has 1 saturated heterocycles. The Hall–Kier alpha value is -2.22. The lowest BCUT2D eigenvalue weighted by Crippen LogP contribution is -2.49. The van der Waals surface area contributed by atoms with Gasteiger partial charge in [0.1, 0.15) is 0 Å². The van der Waals surface area contributed by atoms with Crippen LogP contribution in [0.1, 0.15) is 49.5 Å². The first kappa shape index (κ1) is 19.5. The third-order valence-corrected chi connectivity index (χ3v) is 5.21. The summed E-state index contributed by atoms with van der Waals surface area (Å²) < 4.78 is 0. The first-order valence-corrected chi connectivity index (χ1v) is 10.0. The van der Waals surface area contributed by atoms with Crippen molar-refractivity contribution in [2.45, 2.75) is 45.1 Å². The molecule has 27 heavy (non-hydrogen) atoms. The number of amides is 2. The molecule has 1 aliphatic carbocycles. The van der Waals surface area contributed by atoms with E-state index in [0.717, 1.165) is 57.8 Å². The summed E-state index contributed by atoms with van der Waals surface area (Å²) in [6.07, 6.45) is 5.42. The Kier molecular flexibility index (Phi) is 6.98. The summed E-state index contributed by atoms with van der Waals surface area (Å²) in [5, 5.41) is 14.3. The zero-order valence-electron chi connectivity index (χ0n) is 16.1. The number of rotatable bonds is 7. The van der Waals surface area contributed by atoms with Crippen LogP contribution in [0.3, 0.4) is 0 Å². The van der Waals surface area contributed by atoms with Gasteiger partial charge in [-0.25, -0.2) is 0 Å². The monoisotopic (exact) mass is 374 g/mol. The number of carbonyl (C=O) groups is 2. The molecule has 1 aromatic heterocycles. The molecule has 1 aromatic rings. The number of nitrogens with one attached hydrogen (secondary N) is 2. The van der Waals surface area contributed by atoms with Crippen LogP contribution in [-0.4, -0.2) is 72.2 Å². The SMILES string of the molecule is CCCNC(=O)CN1CCN(c2ccc(C(=O)NC3CCCC3)nn2)CC1. The molecule has 0 spiro atoms. The van der Waals surface area contributed by atoms with Crippen LogP contribution in [0.2, 0.25) is 0 Å². The molecule has 0 bridgehead atoms. The zero-order valence-corrected chi connectivity index (χ0v) is 16.1. The molecular weight excluding hydrogens is 344 g/mol. The van der Waals surface area contributed by atoms with Gasteiger partial charge in [-0.15, -0.1) is 10.2 Å². The van der Waals surface area contributed by atoms with E-state index in [0.29, 0.717) is 12.2 Å². The molecule has 2 fully saturated rings. The third kappa shape index (κ3) is 5.63. The summed E-state index contributed by atoms with van der Waals surface area (Å²) in [5.41, 5.74) is 0.372. The largest absolute Gasteiger partial charge is 0.355 e. The summed E-state index contributed by atoms with van der Waals surface area (Å²) in [7, 11) is 0. The summed E-state index contributed by atoms with van der Waals surface area (Å²) in [5.74, 6) is 0.731. The number of carbonyl (C=O) groups excluding carboxylic acids is 2. The van der Waals surface area contributed by atoms with Crippen molar-refractivity contribution < 1.29 is 9.59 Å². The molecule has 1 saturated carbocycles. The fourth-order valence-electron chi connectivity index (χ4n) is 3.60. The van der Waals surface area contributed by atoms with Crippen LogP contribution in [0, 0.1) is 0 Å². The molecule has 0 aromatic carbocycles. The molecule has 0 unspecified atom stereocenters. The van der Waals surface area contributed by atoms with Crippen molar-refractivity contribution in [3.05, 3.63) is 17.8 Å². The van der Waals surface area contributed by atoms with Gasteiger partial charge >= 0.3 is 0 Å². The van der Waals surface area contributed by atoms with Crippen molar-refractivity contribution in [1.82, 2.24) is 25.7 Å². The van der Waals surface area contributed by atoms with Crippen molar-refractivity contribution in [2.75, 3.05) is 44.2 Å². The van der Waals surface area contributed by atoms with E-state index in [2.05, 4.69) is 30.6 Å². The summed E-state index contributed by atoms with van der Waals surface area (Å²) in [4.78, 5) is 28.4. The molecule has 8 heteroatoms. The number of aromatic nitrogens is 2. The van der Waals surface area contributed by atoms with E-state index in [-0.39, 0.29) is 17.9 Å². The molecule has 148 valence electrons. The second-order valence-corrected chi connectivity index (χ2v) is 7.34. The van der Waals surface area contributed by atoms with Gasteiger partial charge in [-0.2, -0.15) is 0 Å². The highest BCUT2D eigenvalue weighted by atomic mass is 16.2. The van der Waals surface area contributed by atoms with Crippen molar-refractivity contribution >= 4 is 17.6 Å². The fourth-order valence-corrected chi connectivity index (χ4v) is 3.60. The van der Waals surface area contributed by atoms with Crippen molar-refractivity contribution in [3.63, 3.8) is 0 Å². The molecule has 3 rings (SSSR count). The quantitative estimate of drug-likeness (QED) is 0.734. The lowest BCUT2D eigenvalue weighted by Gasteiger charge is -2.34. The van der Waals surface area contributed by atoms with E-state index in [1.165, 1.54) is 12.8 Å². The van der Waals surface area contributed by atoms with Gasteiger partial charge in [0.05, 0.1) is 6.54 Å². The Morgan fingerprint density at radius 3 is 2.48 bits per heavy atom. The number of piperazine rings is 1. The van der Waals surface area contributed by atoms with Gasteiger partial charge in [-0.3, -0.25) is 14.5 Å². The molecule has 0 atom stereocenters. The predicted molar refractivity (Wildman–Crippen MR) is 104 cm³/mol. The third-order valence-electron chi connectivity index (χ3n) is 5.21. The number of anilines is 1. The number of hydrogen-bond donors (Lipinski definition) is 2. The molecule has 2 N–H and O–H groups in total. The van der Waals surface area contributed by atoms with Crippen LogP contribution in [0.4, 0.5) is 5.82 Å². The van der Waals surface area contributed by atoms with Gasteiger partial charge in [-0.05, 0) is 31.4 Å². The zero-order chi connectivity index (χ0) is 19.1. The minimum Gasteiger partial charge on any atom is -0.355 e. The van der Waals surface area contributed by atoms with Crippen LogP contribution in [0.5, 0.6) is 0 Å². The maximum atomic E-state index is 12.2. The van der Waals surface area contributed by atoms with Crippen molar-refractivity contribution in [1.29, 1.82) is 0 Å².